The van der Waals surface area contributed by atoms with Crippen LogP contribution in [-0.2, 0) is 19.0 Å². The Morgan fingerprint density at radius 1 is 1.03 bits per heavy atom. The van der Waals surface area contributed by atoms with Crippen molar-refractivity contribution in [3.05, 3.63) is 48.6 Å². The van der Waals surface area contributed by atoms with Crippen molar-refractivity contribution >= 4 is 5.97 Å². The fourth-order valence-corrected chi connectivity index (χ4v) is 3.25. The first kappa shape index (κ1) is 26.3. The van der Waals surface area contributed by atoms with Crippen molar-refractivity contribution in [1.82, 2.24) is 0 Å². The molecule has 0 aromatic rings. The first-order chi connectivity index (χ1) is 14.4. The second-order valence-electron chi connectivity index (χ2n) is 7.94. The van der Waals surface area contributed by atoms with Crippen LogP contribution in [0, 0.1) is 0 Å². The molecule has 30 heavy (non-hydrogen) atoms. The lowest BCUT2D eigenvalue weighted by atomic mass is 10.1. The van der Waals surface area contributed by atoms with Gasteiger partial charge in [0, 0.05) is 6.42 Å². The molecule has 1 fully saturated rings. The minimum Gasteiger partial charge on any atom is -0.466 e. The molecule has 0 spiro atoms. The lowest BCUT2D eigenvalue weighted by Crippen LogP contribution is -2.21. The van der Waals surface area contributed by atoms with Crippen molar-refractivity contribution in [2.45, 2.75) is 96.7 Å². The summed E-state index contributed by atoms with van der Waals surface area (Å²) >= 11 is 0. The SMILES string of the molecule is CCCCC[C@H](O)/C=C/C=C\C=C\C=C\[C@H]1OC(C)(C)O[C@H]1CCCC(=O)OCC. The second-order valence-corrected chi connectivity index (χ2v) is 7.94. The zero-order chi connectivity index (χ0) is 22.2. The lowest BCUT2D eigenvalue weighted by Gasteiger charge is -2.16. The molecule has 0 bridgehead atoms. The molecule has 0 radical (unpaired) electrons. The number of esters is 1. The van der Waals surface area contributed by atoms with Crippen LogP contribution in [0.4, 0.5) is 0 Å². The number of aliphatic hydroxyl groups is 1. The van der Waals surface area contributed by atoms with Gasteiger partial charge < -0.3 is 19.3 Å². The van der Waals surface area contributed by atoms with Gasteiger partial charge in [0.25, 0.3) is 0 Å². The molecular weight excluding hydrogens is 380 g/mol. The largest absolute Gasteiger partial charge is 0.466 e. The number of carbonyl (C=O) groups is 1. The molecule has 0 saturated carbocycles. The van der Waals surface area contributed by atoms with Crippen molar-refractivity contribution in [1.29, 1.82) is 0 Å². The van der Waals surface area contributed by atoms with Crippen LogP contribution >= 0.6 is 0 Å². The number of allylic oxidation sites excluding steroid dienone is 6. The smallest absolute Gasteiger partial charge is 0.305 e. The van der Waals surface area contributed by atoms with E-state index in [1.165, 1.54) is 6.42 Å². The molecule has 1 aliphatic heterocycles. The predicted molar refractivity (Wildman–Crippen MR) is 121 cm³/mol. The molecule has 1 N–H and O–H groups in total. The highest BCUT2D eigenvalue weighted by molar-refractivity contribution is 5.69. The van der Waals surface area contributed by atoms with E-state index in [9.17, 15) is 9.90 Å². The maximum absolute atomic E-state index is 11.5. The van der Waals surface area contributed by atoms with Crippen LogP contribution in [0.1, 0.15) is 72.6 Å². The van der Waals surface area contributed by atoms with Gasteiger partial charge in [-0.3, -0.25) is 4.79 Å². The molecule has 0 aromatic carbocycles. The van der Waals surface area contributed by atoms with E-state index in [1.54, 1.807) is 0 Å². The fraction of sp³-hybridized carbons (Fsp3) is 0.640. The normalized spacial score (nSPS) is 22.7. The highest BCUT2D eigenvalue weighted by Crippen LogP contribution is 2.31. The van der Waals surface area contributed by atoms with Gasteiger partial charge in [-0.1, -0.05) is 74.8 Å². The molecule has 0 aromatic heterocycles. The zero-order valence-corrected chi connectivity index (χ0v) is 19.1. The number of rotatable bonds is 14. The zero-order valence-electron chi connectivity index (χ0n) is 19.1. The minimum atomic E-state index is -0.629. The molecule has 1 aliphatic rings. The quantitative estimate of drug-likeness (QED) is 0.231. The van der Waals surface area contributed by atoms with E-state index in [-0.39, 0.29) is 24.3 Å². The van der Waals surface area contributed by atoms with Crippen LogP contribution in [0.25, 0.3) is 0 Å². The van der Waals surface area contributed by atoms with Crippen LogP contribution in [0.5, 0.6) is 0 Å². The van der Waals surface area contributed by atoms with Gasteiger partial charge in [0.15, 0.2) is 5.79 Å². The maximum Gasteiger partial charge on any atom is 0.305 e. The van der Waals surface area contributed by atoms with Gasteiger partial charge >= 0.3 is 5.97 Å². The average molecular weight is 421 g/mol. The van der Waals surface area contributed by atoms with E-state index in [2.05, 4.69) is 6.92 Å². The van der Waals surface area contributed by atoms with Gasteiger partial charge in [-0.15, -0.1) is 0 Å². The fourth-order valence-electron chi connectivity index (χ4n) is 3.25. The number of hydrogen-bond donors (Lipinski definition) is 1. The second kappa shape index (κ2) is 15.2. The highest BCUT2D eigenvalue weighted by Gasteiger charge is 2.39. The number of carbonyl (C=O) groups excluding carboxylic acids is 1. The van der Waals surface area contributed by atoms with E-state index in [0.29, 0.717) is 19.4 Å². The summed E-state index contributed by atoms with van der Waals surface area (Å²) in [6.45, 7) is 8.19. The summed E-state index contributed by atoms with van der Waals surface area (Å²) < 4.78 is 16.9. The average Bonchev–Trinajstić information content (AvgIpc) is 2.98. The Balaban J connectivity index is 2.39. The molecular formula is C25H40O5. The first-order valence-electron chi connectivity index (χ1n) is 11.3. The highest BCUT2D eigenvalue weighted by atomic mass is 16.7. The Morgan fingerprint density at radius 3 is 2.43 bits per heavy atom. The third-order valence-electron chi connectivity index (χ3n) is 4.69. The van der Waals surface area contributed by atoms with Gasteiger partial charge in [-0.2, -0.15) is 0 Å². The predicted octanol–water partition coefficient (Wildman–Crippen LogP) is 5.41. The Morgan fingerprint density at radius 2 is 1.73 bits per heavy atom. The Bertz CT molecular complexity index is 588. The topological polar surface area (TPSA) is 65.0 Å². The summed E-state index contributed by atoms with van der Waals surface area (Å²) in [5.41, 5.74) is 0. The van der Waals surface area contributed by atoms with Crippen LogP contribution in [0.3, 0.4) is 0 Å². The summed E-state index contributed by atoms with van der Waals surface area (Å²) in [5.74, 6) is -0.796. The number of aliphatic hydroxyl groups excluding tert-OH is 1. The van der Waals surface area contributed by atoms with Gasteiger partial charge in [-0.05, 0) is 40.0 Å². The Kier molecular flexibility index (Phi) is 13.3. The molecule has 3 atom stereocenters. The monoisotopic (exact) mass is 420 g/mol. The minimum absolute atomic E-state index is 0.0771. The summed E-state index contributed by atoms with van der Waals surface area (Å²) in [5, 5.41) is 9.82. The Hall–Kier alpha value is -1.69. The molecule has 0 aliphatic carbocycles. The van der Waals surface area contributed by atoms with E-state index < -0.39 is 5.79 Å². The molecule has 1 rings (SSSR count). The molecule has 5 nitrogen and oxygen atoms in total. The molecule has 170 valence electrons. The van der Waals surface area contributed by atoms with Gasteiger partial charge in [0.1, 0.15) is 6.10 Å². The summed E-state index contributed by atoms with van der Waals surface area (Å²) in [6.07, 6.45) is 20.8. The molecule has 1 heterocycles. The number of ether oxygens (including phenoxy) is 3. The van der Waals surface area contributed by atoms with Crippen molar-refractivity contribution in [2.24, 2.45) is 0 Å². The first-order valence-corrected chi connectivity index (χ1v) is 11.3. The summed E-state index contributed by atoms with van der Waals surface area (Å²) in [4.78, 5) is 11.5. The van der Waals surface area contributed by atoms with Gasteiger partial charge in [-0.25, -0.2) is 0 Å². The third-order valence-corrected chi connectivity index (χ3v) is 4.69. The van der Waals surface area contributed by atoms with E-state index in [4.69, 9.17) is 14.2 Å². The van der Waals surface area contributed by atoms with Crippen LogP contribution in [0.15, 0.2) is 48.6 Å². The van der Waals surface area contributed by atoms with Crippen molar-refractivity contribution < 1.29 is 24.1 Å². The van der Waals surface area contributed by atoms with Crippen LogP contribution in [-0.4, -0.2) is 41.8 Å². The van der Waals surface area contributed by atoms with Crippen LogP contribution < -0.4 is 0 Å². The number of unbranched alkanes of at least 4 members (excludes halogenated alkanes) is 2. The molecule has 5 heteroatoms. The third kappa shape index (κ3) is 12.1. The Labute approximate surface area is 182 Å². The molecule has 1 saturated heterocycles. The molecule has 0 unspecified atom stereocenters. The van der Waals surface area contributed by atoms with Gasteiger partial charge in [0.05, 0.1) is 18.8 Å². The van der Waals surface area contributed by atoms with E-state index in [1.807, 2.05) is 69.4 Å². The maximum atomic E-state index is 11.5. The molecule has 0 amide bonds. The summed E-state index contributed by atoms with van der Waals surface area (Å²) in [6, 6.07) is 0. The standard InChI is InChI=1S/C25H40O5/c1-5-7-12-16-21(26)17-13-10-8-9-11-14-18-22-23(30-25(3,4)29-22)19-15-20-24(27)28-6-2/h8-11,13-14,17-18,21-23,26H,5-7,12,15-16,19-20H2,1-4H3/b10-8-,11-9+,17-13+,18-14+/t21-,22+,23-/m0/s1. The number of hydrogen-bond acceptors (Lipinski definition) is 5. The lowest BCUT2D eigenvalue weighted by molar-refractivity contribution is -0.145. The van der Waals surface area contributed by atoms with Crippen molar-refractivity contribution in [3.63, 3.8) is 0 Å². The summed E-state index contributed by atoms with van der Waals surface area (Å²) in [7, 11) is 0. The van der Waals surface area contributed by atoms with Gasteiger partial charge in [0.2, 0.25) is 0 Å². The van der Waals surface area contributed by atoms with Crippen LogP contribution in [0.2, 0.25) is 0 Å². The van der Waals surface area contributed by atoms with E-state index >= 15 is 0 Å². The van der Waals surface area contributed by atoms with Crippen molar-refractivity contribution in [2.75, 3.05) is 6.61 Å². The van der Waals surface area contributed by atoms with Crippen molar-refractivity contribution in [3.8, 4) is 0 Å². The van der Waals surface area contributed by atoms with E-state index in [0.717, 1.165) is 25.7 Å².